The van der Waals surface area contributed by atoms with E-state index in [0.717, 1.165) is 5.56 Å². The molecule has 7 heteroatoms. The highest BCUT2D eigenvalue weighted by atomic mass is 19.1. The number of ether oxygens (including phenoxy) is 3. The van der Waals surface area contributed by atoms with Gasteiger partial charge in [-0.3, -0.25) is 0 Å². The molecule has 0 saturated heterocycles. The number of benzene rings is 3. The average Bonchev–Trinajstić information content (AvgIpc) is 2.77. The summed E-state index contributed by atoms with van der Waals surface area (Å²) in [6.45, 7) is 5.45. The zero-order valence-corrected chi connectivity index (χ0v) is 18.9. The van der Waals surface area contributed by atoms with E-state index < -0.39 is 23.6 Å². The molecule has 2 N–H and O–H groups in total. The lowest BCUT2D eigenvalue weighted by molar-refractivity contribution is 0.0491. The minimum Gasteiger partial charge on any atom is -0.485 e. The highest BCUT2D eigenvalue weighted by Crippen LogP contribution is 2.36. The van der Waals surface area contributed by atoms with Gasteiger partial charge in [0, 0.05) is 11.6 Å². The summed E-state index contributed by atoms with van der Waals surface area (Å²) in [6.07, 6.45) is -1.71. The van der Waals surface area contributed by atoms with E-state index in [-0.39, 0.29) is 18.9 Å². The normalized spacial score (nSPS) is 12.0. The van der Waals surface area contributed by atoms with Gasteiger partial charge < -0.3 is 24.6 Å². The molecule has 6 nitrogen and oxygen atoms in total. The predicted molar refractivity (Wildman–Crippen MR) is 123 cm³/mol. The zero-order chi connectivity index (χ0) is 23.8. The van der Waals surface area contributed by atoms with Gasteiger partial charge in [-0.1, -0.05) is 48.5 Å². The van der Waals surface area contributed by atoms with Crippen molar-refractivity contribution < 1.29 is 28.5 Å². The van der Waals surface area contributed by atoms with Gasteiger partial charge in [0.05, 0.1) is 6.54 Å². The second-order valence-electron chi connectivity index (χ2n) is 8.40. The van der Waals surface area contributed by atoms with Crippen molar-refractivity contribution in [1.29, 1.82) is 0 Å². The molecular formula is C26H28FNO5. The SMILES string of the molecule is CC(C)(C)OC(=O)NCC(O)c1ccccc1Oc1cc(F)ccc1OCc1ccccc1. The van der Waals surface area contributed by atoms with Crippen molar-refractivity contribution in [3.8, 4) is 17.2 Å². The Morgan fingerprint density at radius 2 is 1.67 bits per heavy atom. The zero-order valence-electron chi connectivity index (χ0n) is 18.9. The third-order valence-corrected chi connectivity index (χ3v) is 4.48. The summed E-state index contributed by atoms with van der Waals surface area (Å²) in [5.74, 6) is 0.356. The van der Waals surface area contributed by atoms with E-state index in [1.807, 2.05) is 30.3 Å². The molecule has 3 aromatic carbocycles. The molecule has 1 unspecified atom stereocenters. The first-order valence-electron chi connectivity index (χ1n) is 10.6. The summed E-state index contributed by atoms with van der Waals surface area (Å²) in [7, 11) is 0. The Morgan fingerprint density at radius 3 is 2.39 bits per heavy atom. The molecule has 0 aliphatic carbocycles. The fourth-order valence-corrected chi connectivity index (χ4v) is 2.99. The fraction of sp³-hybridized carbons (Fsp3) is 0.269. The summed E-state index contributed by atoms with van der Waals surface area (Å²) in [5.41, 5.74) is 0.729. The molecule has 1 atom stereocenters. The Bertz CT molecular complexity index is 1070. The molecule has 0 radical (unpaired) electrons. The first kappa shape index (κ1) is 24.1. The molecule has 0 aliphatic rings. The lowest BCUT2D eigenvalue weighted by Crippen LogP contribution is -2.34. The monoisotopic (exact) mass is 453 g/mol. The van der Waals surface area contributed by atoms with Crippen molar-refractivity contribution in [3.05, 3.63) is 89.7 Å². The van der Waals surface area contributed by atoms with Crippen molar-refractivity contribution in [2.24, 2.45) is 0 Å². The molecule has 0 saturated carbocycles. The highest BCUT2D eigenvalue weighted by molar-refractivity contribution is 5.67. The summed E-state index contributed by atoms with van der Waals surface area (Å²) >= 11 is 0. The molecule has 0 spiro atoms. The molecule has 0 bridgehead atoms. The van der Waals surface area contributed by atoms with Crippen LogP contribution in [0.1, 0.15) is 38.0 Å². The Balaban J connectivity index is 1.73. The number of aliphatic hydroxyl groups excluding tert-OH is 1. The average molecular weight is 454 g/mol. The van der Waals surface area contributed by atoms with E-state index in [2.05, 4.69) is 5.32 Å². The van der Waals surface area contributed by atoms with Crippen LogP contribution in [0.25, 0.3) is 0 Å². The molecule has 3 aromatic rings. The molecule has 3 rings (SSSR count). The highest BCUT2D eigenvalue weighted by Gasteiger charge is 2.20. The van der Waals surface area contributed by atoms with Crippen LogP contribution in [-0.2, 0) is 11.3 Å². The third-order valence-electron chi connectivity index (χ3n) is 4.48. The lowest BCUT2D eigenvalue weighted by Gasteiger charge is -2.21. The van der Waals surface area contributed by atoms with Crippen LogP contribution < -0.4 is 14.8 Å². The Kier molecular flexibility index (Phi) is 7.90. The van der Waals surface area contributed by atoms with Crippen LogP contribution in [0.4, 0.5) is 9.18 Å². The van der Waals surface area contributed by atoms with Crippen molar-refractivity contribution in [2.75, 3.05) is 6.54 Å². The molecule has 174 valence electrons. The Morgan fingerprint density at radius 1 is 0.970 bits per heavy atom. The van der Waals surface area contributed by atoms with Crippen LogP contribution in [0.5, 0.6) is 17.2 Å². The van der Waals surface area contributed by atoms with Gasteiger partial charge in [-0.05, 0) is 44.5 Å². The first-order chi connectivity index (χ1) is 15.7. The van der Waals surface area contributed by atoms with E-state index >= 15 is 0 Å². The van der Waals surface area contributed by atoms with Gasteiger partial charge in [-0.15, -0.1) is 0 Å². The van der Waals surface area contributed by atoms with Crippen LogP contribution in [0.3, 0.4) is 0 Å². The second kappa shape index (κ2) is 10.8. The summed E-state index contributed by atoms with van der Waals surface area (Å²) in [5, 5.41) is 13.2. The van der Waals surface area contributed by atoms with E-state index in [4.69, 9.17) is 14.2 Å². The van der Waals surface area contributed by atoms with Crippen LogP contribution >= 0.6 is 0 Å². The number of para-hydroxylation sites is 1. The maximum Gasteiger partial charge on any atom is 0.407 e. The number of amides is 1. The van der Waals surface area contributed by atoms with Crippen LogP contribution in [-0.4, -0.2) is 23.3 Å². The molecule has 33 heavy (non-hydrogen) atoms. The number of carbonyl (C=O) groups is 1. The van der Waals surface area contributed by atoms with Crippen molar-refractivity contribution in [3.63, 3.8) is 0 Å². The van der Waals surface area contributed by atoms with E-state index in [0.29, 0.717) is 17.1 Å². The molecule has 0 aliphatic heterocycles. The van der Waals surface area contributed by atoms with Gasteiger partial charge in [0.15, 0.2) is 11.5 Å². The topological polar surface area (TPSA) is 77.0 Å². The number of hydrogen-bond acceptors (Lipinski definition) is 5. The first-order valence-corrected chi connectivity index (χ1v) is 10.6. The quantitative estimate of drug-likeness (QED) is 0.454. The molecule has 0 heterocycles. The molecular weight excluding hydrogens is 425 g/mol. The minimum atomic E-state index is -1.07. The Labute approximate surface area is 192 Å². The summed E-state index contributed by atoms with van der Waals surface area (Å²) in [4.78, 5) is 11.9. The Hall–Kier alpha value is -3.58. The molecule has 0 aromatic heterocycles. The van der Waals surface area contributed by atoms with Crippen molar-refractivity contribution >= 4 is 6.09 Å². The predicted octanol–water partition coefficient (Wildman–Crippen LogP) is 5.76. The van der Waals surface area contributed by atoms with E-state index in [1.54, 1.807) is 45.0 Å². The lowest BCUT2D eigenvalue weighted by atomic mass is 10.1. The van der Waals surface area contributed by atoms with Gasteiger partial charge in [-0.25, -0.2) is 9.18 Å². The second-order valence-corrected chi connectivity index (χ2v) is 8.40. The van der Waals surface area contributed by atoms with Gasteiger partial charge in [0.2, 0.25) is 0 Å². The van der Waals surface area contributed by atoms with Crippen LogP contribution in [0, 0.1) is 5.82 Å². The minimum absolute atomic E-state index is 0.0875. The van der Waals surface area contributed by atoms with Gasteiger partial charge >= 0.3 is 6.09 Å². The third kappa shape index (κ3) is 7.50. The van der Waals surface area contributed by atoms with Crippen molar-refractivity contribution in [1.82, 2.24) is 5.32 Å². The summed E-state index contributed by atoms with van der Waals surface area (Å²) in [6, 6.07) is 20.4. The summed E-state index contributed by atoms with van der Waals surface area (Å²) < 4.78 is 31.0. The smallest absolute Gasteiger partial charge is 0.407 e. The number of halogens is 1. The maximum atomic E-state index is 14.0. The molecule has 0 fully saturated rings. The number of hydrogen-bond donors (Lipinski definition) is 2. The molecule has 1 amide bonds. The van der Waals surface area contributed by atoms with Gasteiger partial charge in [0.25, 0.3) is 0 Å². The number of nitrogens with one attached hydrogen (secondary N) is 1. The van der Waals surface area contributed by atoms with Gasteiger partial charge in [-0.2, -0.15) is 0 Å². The van der Waals surface area contributed by atoms with E-state index in [9.17, 15) is 14.3 Å². The fourth-order valence-electron chi connectivity index (χ4n) is 2.99. The van der Waals surface area contributed by atoms with E-state index in [1.165, 1.54) is 18.2 Å². The number of alkyl carbamates (subject to hydrolysis) is 1. The number of rotatable bonds is 8. The maximum absolute atomic E-state index is 14.0. The van der Waals surface area contributed by atoms with Gasteiger partial charge in [0.1, 0.15) is 29.9 Å². The van der Waals surface area contributed by atoms with Crippen molar-refractivity contribution in [2.45, 2.75) is 39.1 Å². The largest absolute Gasteiger partial charge is 0.485 e. The van der Waals surface area contributed by atoms with Crippen LogP contribution in [0.15, 0.2) is 72.8 Å². The number of aliphatic hydroxyl groups is 1. The van der Waals surface area contributed by atoms with Crippen LogP contribution in [0.2, 0.25) is 0 Å². The number of carbonyl (C=O) groups excluding carboxylic acids is 1. The standard InChI is InChI=1S/C26H28FNO5/c1-26(2,3)33-25(30)28-16-21(29)20-11-7-8-12-22(20)32-24-15-19(27)13-14-23(24)31-17-18-9-5-4-6-10-18/h4-15,21,29H,16-17H2,1-3H3,(H,28,30).